The smallest absolute Gasteiger partial charge is 0.187 e. The third kappa shape index (κ3) is 2.77. The van der Waals surface area contributed by atoms with Crippen molar-refractivity contribution in [2.24, 2.45) is 0 Å². The Hall–Kier alpha value is -0.640. The molecule has 0 aliphatic heterocycles. The molecule has 0 aliphatic carbocycles. The van der Waals surface area contributed by atoms with Gasteiger partial charge in [-0.2, -0.15) is 0 Å². The van der Waals surface area contributed by atoms with Crippen LogP contribution in [-0.2, 0) is 0 Å². The maximum absolute atomic E-state index is 12.3. The fourth-order valence-corrected chi connectivity index (χ4v) is 0.937. The van der Waals surface area contributed by atoms with Gasteiger partial charge >= 0.3 is 0 Å². The van der Waals surface area contributed by atoms with Crippen molar-refractivity contribution in [3.63, 3.8) is 0 Å². The number of benzene rings is 1. The molecular formula is C8H9BrF2O. The lowest BCUT2D eigenvalue weighted by Crippen LogP contribution is -1.81. The van der Waals surface area contributed by atoms with Crippen LogP contribution in [0.5, 0.6) is 5.75 Å². The van der Waals surface area contributed by atoms with Crippen LogP contribution in [0.4, 0.5) is 8.78 Å². The Morgan fingerprint density at radius 2 is 1.50 bits per heavy atom. The van der Waals surface area contributed by atoms with Gasteiger partial charge in [0.2, 0.25) is 0 Å². The quantitative estimate of drug-likeness (QED) is 0.734. The Labute approximate surface area is 78.2 Å². The van der Waals surface area contributed by atoms with Gasteiger partial charge in [0.1, 0.15) is 0 Å². The van der Waals surface area contributed by atoms with Crippen LogP contribution in [0, 0.1) is 11.6 Å². The van der Waals surface area contributed by atoms with E-state index in [9.17, 15) is 8.78 Å². The van der Waals surface area contributed by atoms with Crippen molar-refractivity contribution in [1.29, 1.82) is 0 Å². The van der Waals surface area contributed by atoms with Crippen LogP contribution >= 0.6 is 15.9 Å². The Morgan fingerprint density at radius 1 is 1.17 bits per heavy atom. The topological polar surface area (TPSA) is 20.2 Å². The molecule has 1 aromatic rings. The molecule has 0 radical (unpaired) electrons. The van der Waals surface area contributed by atoms with Crippen LogP contribution in [0.3, 0.4) is 0 Å². The SMILES string of the molecule is CC.Oc1c(F)cc(Br)cc1F. The Kier molecular flexibility index (Phi) is 4.81. The van der Waals surface area contributed by atoms with E-state index in [-0.39, 0.29) is 4.47 Å². The lowest BCUT2D eigenvalue weighted by Gasteiger charge is -1.96. The van der Waals surface area contributed by atoms with E-state index in [2.05, 4.69) is 15.9 Å². The van der Waals surface area contributed by atoms with Gasteiger partial charge in [0.05, 0.1) is 0 Å². The molecule has 1 nitrogen and oxygen atoms in total. The van der Waals surface area contributed by atoms with E-state index < -0.39 is 17.4 Å². The summed E-state index contributed by atoms with van der Waals surface area (Å²) < 4.78 is 24.9. The predicted molar refractivity (Wildman–Crippen MR) is 47.1 cm³/mol. The molecule has 0 aromatic heterocycles. The average molecular weight is 239 g/mol. The number of phenolic OH excluding ortho intramolecular Hbond substituents is 1. The Balaban J connectivity index is 0.000000561. The van der Waals surface area contributed by atoms with Crippen molar-refractivity contribution in [2.45, 2.75) is 13.8 Å². The summed E-state index contributed by atoms with van der Waals surface area (Å²) in [6.45, 7) is 4.00. The summed E-state index contributed by atoms with van der Waals surface area (Å²) in [6, 6.07) is 1.97. The van der Waals surface area contributed by atoms with Gasteiger partial charge in [0.15, 0.2) is 17.4 Å². The lowest BCUT2D eigenvalue weighted by molar-refractivity contribution is 0.396. The standard InChI is InChI=1S/C6H3BrF2O.C2H6/c7-3-1-4(8)6(10)5(9)2-3;1-2/h1-2,10H;1-2H3. The van der Waals surface area contributed by atoms with Crippen LogP contribution < -0.4 is 0 Å². The predicted octanol–water partition coefficient (Wildman–Crippen LogP) is 3.46. The molecule has 0 heterocycles. The molecular weight excluding hydrogens is 230 g/mol. The van der Waals surface area contributed by atoms with E-state index in [1.54, 1.807) is 0 Å². The normalized spacial score (nSPS) is 8.75. The highest BCUT2D eigenvalue weighted by Gasteiger charge is 2.06. The van der Waals surface area contributed by atoms with Gasteiger partial charge in [-0.05, 0) is 12.1 Å². The molecule has 0 saturated heterocycles. The molecule has 1 aromatic carbocycles. The molecule has 0 fully saturated rings. The highest BCUT2D eigenvalue weighted by molar-refractivity contribution is 9.10. The molecule has 0 spiro atoms. The van der Waals surface area contributed by atoms with Crippen molar-refractivity contribution in [1.82, 2.24) is 0 Å². The maximum atomic E-state index is 12.3. The second kappa shape index (κ2) is 5.09. The second-order valence-corrected chi connectivity index (χ2v) is 2.63. The van der Waals surface area contributed by atoms with E-state index in [0.29, 0.717) is 0 Å². The van der Waals surface area contributed by atoms with Crippen molar-refractivity contribution in [2.75, 3.05) is 0 Å². The van der Waals surface area contributed by atoms with Crippen LogP contribution in [0.1, 0.15) is 13.8 Å². The van der Waals surface area contributed by atoms with E-state index >= 15 is 0 Å². The van der Waals surface area contributed by atoms with E-state index in [1.165, 1.54) is 0 Å². The van der Waals surface area contributed by atoms with Crippen molar-refractivity contribution in [3.05, 3.63) is 28.2 Å². The van der Waals surface area contributed by atoms with Gasteiger partial charge in [-0.25, -0.2) is 8.78 Å². The molecule has 0 atom stereocenters. The minimum Gasteiger partial charge on any atom is -0.503 e. The van der Waals surface area contributed by atoms with E-state index in [1.807, 2.05) is 13.8 Å². The summed E-state index contributed by atoms with van der Waals surface area (Å²) >= 11 is 2.86. The van der Waals surface area contributed by atoms with Gasteiger partial charge < -0.3 is 5.11 Å². The van der Waals surface area contributed by atoms with Gasteiger partial charge in [0, 0.05) is 4.47 Å². The highest BCUT2D eigenvalue weighted by atomic mass is 79.9. The zero-order chi connectivity index (χ0) is 9.72. The number of hydrogen-bond acceptors (Lipinski definition) is 1. The van der Waals surface area contributed by atoms with Gasteiger partial charge in [-0.15, -0.1) is 0 Å². The first kappa shape index (κ1) is 11.4. The molecule has 68 valence electrons. The van der Waals surface area contributed by atoms with Crippen LogP contribution in [0.25, 0.3) is 0 Å². The molecule has 0 bridgehead atoms. The first-order valence-corrected chi connectivity index (χ1v) is 4.24. The Bertz CT molecular complexity index is 240. The molecule has 0 amide bonds. The summed E-state index contributed by atoms with van der Waals surface area (Å²) in [5.74, 6) is -2.87. The zero-order valence-corrected chi connectivity index (χ0v) is 8.32. The van der Waals surface area contributed by atoms with Crippen molar-refractivity contribution >= 4 is 15.9 Å². The minimum atomic E-state index is -0.966. The van der Waals surface area contributed by atoms with Crippen molar-refractivity contribution < 1.29 is 13.9 Å². The van der Waals surface area contributed by atoms with Crippen LogP contribution in [-0.4, -0.2) is 5.11 Å². The molecule has 0 saturated carbocycles. The number of phenols is 1. The lowest BCUT2D eigenvalue weighted by atomic mass is 10.3. The average Bonchev–Trinajstić information content (AvgIpc) is 2.04. The number of hydrogen-bond donors (Lipinski definition) is 1. The van der Waals surface area contributed by atoms with Gasteiger partial charge in [0.25, 0.3) is 0 Å². The number of halogens is 3. The van der Waals surface area contributed by atoms with Crippen LogP contribution in [0.15, 0.2) is 16.6 Å². The number of rotatable bonds is 0. The third-order valence-corrected chi connectivity index (χ3v) is 1.44. The van der Waals surface area contributed by atoms with E-state index in [4.69, 9.17) is 5.11 Å². The molecule has 0 aliphatic rings. The highest BCUT2D eigenvalue weighted by Crippen LogP contribution is 2.23. The zero-order valence-electron chi connectivity index (χ0n) is 6.74. The van der Waals surface area contributed by atoms with Crippen molar-refractivity contribution in [3.8, 4) is 5.75 Å². The third-order valence-electron chi connectivity index (χ3n) is 0.982. The largest absolute Gasteiger partial charge is 0.503 e. The minimum absolute atomic E-state index is 0.264. The maximum Gasteiger partial charge on any atom is 0.187 e. The summed E-state index contributed by atoms with van der Waals surface area (Å²) in [5, 5.41) is 8.56. The summed E-state index contributed by atoms with van der Waals surface area (Å²) in [5.41, 5.74) is 0. The summed E-state index contributed by atoms with van der Waals surface area (Å²) in [4.78, 5) is 0. The molecule has 0 unspecified atom stereocenters. The van der Waals surface area contributed by atoms with Gasteiger partial charge in [-0.1, -0.05) is 29.8 Å². The second-order valence-electron chi connectivity index (χ2n) is 1.72. The summed E-state index contributed by atoms with van der Waals surface area (Å²) in [7, 11) is 0. The fraction of sp³-hybridized carbons (Fsp3) is 0.250. The number of aromatic hydroxyl groups is 1. The fourth-order valence-electron chi connectivity index (χ4n) is 0.535. The molecule has 4 heteroatoms. The molecule has 12 heavy (non-hydrogen) atoms. The first-order valence-electron chi connectivity index (χ1n) is 3.45. The van der Waals surface area contributed by atoms with Gasteiger partial charge in [-0.3, -0.25) is 0 Å². The van der Waals surface area contributed by atoms with Crippen LogP contribution in [0.2, 0.25) is 0 Å². The monoisotopic (exact) mass is 238 g/mol. The summed E-state index contributed by atoms with van der Waals surface area (Å²) in [6.07, 6.45) is 0. The molecule has 1 N–H and O–H groups in total. The first-order chi connectivity index (χ1) is 5.61. The Morgan fingerprint density at radius 3 is 1.83 bits per heavy atom. The molecule has 1 rings (SSSR count). The van der Waals surface area contributed by atoms with E-state index in [0.717, 1.165) is 12.1 Å².